The summed E-state index contributed by atoms with van der Waals surface area (Å²) in [5.41, 5.74) is 0.719. The van der Waals surface area contributed by atoms with E-state index in [0.717, 1.165) is 17.4 Å². The molecule has 0 aromatic rings. The fraction of sp³-hybridized carbons (Fsp3) is 1.00. The van der Waals surface area contributed by atoms with Gasteiger partial charge in [-0.15, -0.1) is 0 Å². The van der Waals surface area contributed by atoms with E-state index in [9.17, 15) is 0 Å². The van der Waals surface area contributed by atoms with Gasteiger partial charge in [0.05, 0.1) is 0 Å². The zero-order valence-corrected chi connectivity index (χ0v) is 11.5. The second kappa shape index (κ2) is 5.08. The zero-order valence-electron chi connectivity index (χ0n) is 11.5. The van der Waals surface area contributed by atoms with Crippen molar-refractivity contribution < 1.29 is 0 Å². The Bertz CT molecular complexity index is 217. The van der Waals surface area contributed by atoms with Crippen LogP contribution >= 0.6 is 0 Å². The van der Waals surface area contributed by atoms with E-state index in [-0.39, 0.29) is 0 Å². The molecule has 1 heteroatoms. The molecule has 1 aliphatic carbocycles. The maximum Gasteiger partial charge on any atom is 0.0118 e. The minimum absolute atomic E-state index is 0.719. The molecule has 1 aliphatic heterocycles. The van der Waals surface area contributed by atoms with E-state index in [1.54, 1.807) is 0 Å². The maximum atomic E-state index is 2.68. The van der Waals surface area contributed by atoms with Crippen LogP contribution in [-0.2, 0) is 0 Å². The number of rotatable bonds is 2. The van der Waals surface area contributed by atoms with E-state index >= 15 is 0 Å². The van der Waals surface area contributed by atoms with Crippen LogP contribution in [0.1, 0.15) is 65.2 Å². The predicted octanol–water partition coefficient (Wildman–Crippen LogP) is 4.08. The lowest BCUT2D eigenvalue weighted by Crippen LogP contribution is -2.49. The molecular weight excluding hydrogens is 194 g/mol. The molecule has 2 aliphatic rings. The van der Waals surface area contributed by atoms with Gasteiger partial charge in [0.2, 0.25) is 0 Å². The van der Waals surface area contributed by atoms with Crippen molar-refractivity contribution in [2.75, 3.05) is 13.6 Å². The van der Waals surface area contributed by atoms with Crippen LogP contribution in [0.2, 0.25) is 0 Å². The summed E-state index contributed by atoms with van der Waals surface area (Å²) in [7, 11) is 2.37. The van der Waals surface area contributed by atoms with Crippen LogP contribution in [0.3, 0.4) is 0 Å². The third kappa shape index (κ3) is 2.45. The van der Waals surface area contributed by atoms with Gasteiger partial charge in [-0.1, -0.05) is 39.5 Å². The fourth-order valence-electron chi connectivity index (χ4n) is 4.10. The Morgan fingerprint density at radius 2 is 1.88 bits per heavy atom. The van der Waals surface area contributed by atoms with Crippen LogP contribution in [0.25, 0.3) is 0 Å². The smallest absolute Gasteiger partial charge is 0.0118 e. The Labute approximate surface area is 102 Å². The van der Waals surface area contributed by atoms with Gasteiger partial charge in [0.1, 0.15) is 0 Å². The van der Waals surface area contributed by atoms with Crippen LogP contribution in [0.15, 0.2) is 0 Å². The fourth-order valence-corrected chi connectivity index (χ4v) is 4.10. The van der Waals surface area contributed by atoms with Gasteiger partial charge in [0, 0.05) is 12.6 Å². The van der Waals surface area contributed by atoms with Gasteiger partial charge in [0.25, 0.3) is 0 Å². The highest BCUT2D eigenvalue weighted by molar-refractivity contribution is 4.93. The molecule has 1 heterocycles. The van der Waals surface area contributed by atoms with Crippen LogP contribution < -0.4 is 0 Å². The summed E-state index contributed by atoms with van der Waals surface area (Å²) >= 11 is 0. The summed E-state index contributed by atoms with van der Waals surface area (Å²) in [6.45, 7) is 6.14. The first-order chi connectivity index (χ1) is 7.67. The van der Waals surface area contributed by atoms with Crippen molar-refractivity contribution >= 4 is 0 Å². The quantitative estimate of drug-likeness (QED) is 0.682. The third-order valence-corrected chi connectivity index (χ3v) is 5.34. The van der Waals surface area contributed by atoms with Crippen LogP contribution in [-0.4, -0.2) is 24.5 Å². The van der Waals surface area contributed by atoms with E-state index in [0.29, 0.717) is 0 Å². The van der Waals surface area contributed by atoms with Gasteiger partial charge in [-0.2, -0.15) is 0 Å². The van der Waals surface area contributed by atoms with Gasteiger partial charge in [-0.3, -0.25) is 0 Å². The standard InChI is InChI=1S/C15H29N/c1-4-13(2)14-8-11-15(12-16(14)3)9-6-5-7-10-15/h13-14H,4-12H2,1-3H3. The van der Waals surface area contributed by atoms with Crippen molar-refractivity contribution in [1.82, 2.24) is 4.90 Å². The van der Waals surface area contributed by atoms with Crippen molar-refractivity contribution in [3.63, 3.8) is 0 Å². The molecular formula is C15H29N. The number of hydrogen-bond acceptors (Lipinski definition) is 1. The van der Waals surface area contributed by atoms with Crippen molar-refractivity contribution in [2.24, 2.45) is 11.3 Å². The normalized spacial score (nSPS) is 32.8. The summed E-state index contributed by atoms with van der Waals surface area (Å²) in [6.07, 6.45) is 11.8. The summed E-state index contributed by atoms with van der Waals surface area (Å²) < 4.78 is 0. The van der Waals surface area contributed by atoms with Crippen LogP contribution in [0, 0.1) is 11.3 Å². The van der Waals surface area contributed by atoms with E-state index in [4.69, 9.17) is 0 Å². The van der Waals surface area contributed by atoms with Gasteiger partial charge in [-0.05, 0) is 44.1 Å². The van der Waals surface area contributed by atoms with Crippen LogP contribution in [0.4, 0.5) is 0 Å². The molecule has 0 amide bonds. The molecule has 94 valence electrons. The van der Waals surface area contributed by atoms with Gasteiger partial charge in [-0.25, -0.2) is 0 Å². The predicted molar refractivity (Wildman–Crippen MR) is 70.6 cm³/mol. The molecule has 16 heavy (non-hydrogen) atoms. The first-order valence-corrected chi connectivity index (χ1v) is 7.37. The first kappa shape index (κ1) is 12.4. The van der Waals surface area contributed by atoms with Crippen molar-refractivity contribution in [1.29, 1.82) is 0 Å². The largest absolute Gasteiger partial charge is 0.303 e. The maximum absolute atomic E-state index is 2.68. The van der Waals surface area contributed by atoms with Crippen molar-refractivity contribution in [3.8, 4) is 0 Å². The molecule has 0 N–H and O–H groups in total. The van der Waals surface area contributed by atoms with Crippen LogP contribution in [0.5, 0.6) is 0 Å². The minimum atomic E-state index is 0.719. The molecule has 2 rings (SSSR count). The second-order valence-electron chi connectivity index (χ2n) is 6.47. The monoisotopic (exact) mass is 223 g/mol. The average Bonchev–Trinajstić information content (AvgIpc) is 2.29. The molecule has 2 unspecified atom stereocenters. The minimum Gasteiger partial charge on any atom is -0.303 e. The Morgan fingerprint density at radius 1 is 1.19 bits per heavy atom. The molecule has 0 radical (unpaired) electrons. The second-order valence-corrected chi connectivity index (χ2v) is 6.47. The topological polar surface area (TPSA) is 3.24 Å². The highest BCUT2D eigenvalue weighted by Gasteiger charge is 2.39. The SMILES string of the molecule is CCC(C)C1CCC2(CCCCC2)CN1C. The Hall–Kier alpha value is -0.0400. The van der Waals surface area contributed by atoms with Gasteiger partial charge in [0.15, 0.2) is 0 Å². The molecule has 0 aromatic heterocycles. The van der Waals surface area contributed by atoms with E-state index in [1.807, 2.05) is 0 Å². The van der Waals surface area contributed by atoms with E-state index < -0.39 is 0 Å². The molecule has 1 spiro atoms. The average molecular weight is 223 g/mol. The lowest BCUT2D eigenvalue weighted by molar-refractivity contribution is 0.0131. The molecule has 2 atom stereocenters. The summed E-state index contributed by atoms with van der Waals surface area (Å²) in [5.74, 6) is 0.881. The van der Waals surface area contributed by atoms with E-state index in [2.05, 4.69) is 25.8 Å². The molecule has 0 aromatic carbocycles. The number of piperidine rings is 1. The molecule has 1 nitrogen and oxygen atoms in total. The summed E-state index contributed by atoms with van der Waals surface area (Å²) in [6, 6.07) is 0.859. The molecule has 0 bridgehead atoms. The molecule has 2 fully saturated rings. The third-order valence-electron chi connectivity index (χ3n) is 5.34. The number of nitrogens with zero attached hydrogens (tertiary/aromatic N) is 1. The van der Waals surface area contributed by atoms with E-state index in [1.165, 1.54) is 57.9 Å². The Kier molecular flexibility index (Phi) is 3.94. The zero-order chi connectivity index (χ0) is 11.6. The number of hydrogen-bond donors (Lipinski definition) is 0. The number of likely N-dealkylation sites (tertiary alicyclic amines) is 1. The van der Waals surface area contributed by atoms with Crippen molar-refractivity contribution in [2.45, 2.75) is 71.3 Å². The molecule has 1 saturated carbocycles. The van der Waals surface area contributed by atoms with Crippen molar-refractivity contribution in [3.05, 3.63) is 0 Å². The summed E-state index contributed by atoms with van der Waals surface area (Å²) in [5, 5.41) is 0. The Morgan fingerprint density at radius 3 is 2.44 bits per heavy atom. The van der Waals surface area contributed by atoms with Gasteiger partial charge >= 0.3 is 0 Å². The lowest BCUT2D eigenvalue weighted by Gasteiger charge is -2.49. The molecule has 1 saturated heterocycles. The lowest BCUT2D eigenvalue weighted by atomic mass is 9.67. The Balaban J connectivity index is 1.95. The highest BCUT2D eigenvalue weighted by atomic mass is 15.1. The van der Waals surface area contributed by atoms with Gasteiger partial charge < -0.3 is 4.90 Å². The highest BCUT2D eigenvalue weighted by Crippen LogP contribution is 2.45. The first-order valence-electron chi connectivity index (χ1n) is 7.37. The summed E-state index contributed by atoms with van der Waals surface area (Å²) in [4.78, 5) is 2.68.